The van der Waals surface area contributed by atoms with E-state index >= 15 is 0 Å². The maximum atomic E-state index is 13.8. The molecule has 2 nitrogen and oxygen atoms in total. The topological polar surface area (TPSA) is 35.2 Å². The van der Waals surface area contributed by atoms with Crippen molar-refractivity contribution in [1.82, 2.24) is 0 Å². The Balaban J connectivity index is 2.13. The molecule has 2 aromatic carbocycles. The molecule has 0 aliphatic heterocycles. The Kier molecular flexibility index (Phi) is 4.69. The highest BCUT2D eigenvalue weighted by Gasteiger charge is 2.12. The van der Waals surface area contributed by atoms with Crippen molar-refractivity contribution in [2.75, 3.05) is 6.54 Å². The van der Waals surface area contributed by atoms with Crippen molar-refractivity contribution >= 4 is 0 Å². The molecule has 20 heavy (non-hydrogen) atoms. The normalized spacial score (nSPS) is 10.6. The van der Waals surface area contributed by atoms with Crippen LogP contribution < -0.4 is 10.5 Å². The predicted molar refractivity (Wildman–Crippen MR) is 74.6 cm³/mol. The van der Waals surface area contributed by atoms with Crippen LogP contribution in [0, 0.1) is 18.6 Å². The first-order valence-corrected chi connectivity index (χ1v) is 6.46. The van der Waals surface area contributed by atoms with E-state index < -0.39 is 11.6 Å². The van der Waals surface area contributed by atoms with Crippen LogP contribution in [0.2, 0.25) is 0 Å². The minimum absolute atomic E-state index is 0.131. The lowest BCUT2D eigenvalue weighted by Crippen LogP contribution is -2.05. The molecule has 2 rings (SSSR count). The molecule has 0 radical (unpaired) electrons. The van der Waals surface area contributed by atoms with Gasteiger partial charge >= 0.3 is 0 Å². The van der Waals surface area contributed by atoms with Gasteiger partial charge in [-0.15, -0.1) is 0 Å². The second-order valence-electron chi connectivity index (χ2n) is 4.70. The zero-order valence-corrected chi connectivity index (χ0v) is 11.3. The molecule has 0 fully saturated rings. The first-order chi connectivity index (χ1) is 9.60. The van der Waals surface area contributed by atoms with Gasteiger partial charge in [0.25, 0.3) is 0 Å². The molecular formula is C16H17F2NO. The van der Waals surface area contributed by atoms with Crippen LogP contribution in [0.3, 0.4) is 0 Å². The molecule has 0 bridgehead atoms. The summed E-state index contributed by atoms with van der Waals surface area (Å²) >= 11 is 0. The highest BCUT2D eigenvalue weighted by molar-refractivity contribution is 5.32. The van der Waals surface area contributed by atoms with E-state index in [1.807, 2.05) is 31.2 Å². The summed E-state index contributed by atoms with van der Waals surface area (Å²) in [7, 11) is 0. The second kappa shape index (κ2) is 6.48. The number of nitrogens with two attached hydrogens (primary N) is 1. The van der Waals surface area contributed by atoms with Crippen molar-refractivity contribution < 1.29 is 13.5 Å². The molecule has 0 aliphatic rings. The Morgan fingerprint density at radius 1 is 1.05 bits per heavy atom. The van der Waals surface area contributed by atoms with Gasteiger partial charge in [-0.25, -0.2) is 8.78 Å². The van der Waals surface area contributed by atoms with E-state index in [1.165, 1.54) is 12.1 Å². The van der Waals surface area contributed by atoms with E-state index in [2.05, 4.69) is 0 Å². The third-order valence-electron chi connectivity index (χ3n) is 2.96. The number of hydrogen-bond donors (Lipinski definition) is 1. The van der Waals surface area contributed by atoms with E-state index in [0.717, 1.165) is 11.1 Å². The Hall–Kier alpha value is -1.94. The molecule has 0 aliphatic carbocycles. The van der Waals surface area contributed by atoms with Gasteiger partial charge in [0.2, 0.25) is 0 Å². The number of benzene rings is 2. The first kappa shape index (κ1) is 14.5. The fraction of sp³-hybridized carbons (Fsp3) is 0.250. The lowest BCUT2D eigenvalue weighted by atomic mass is 10.1. The highest BCUT2D eigenvalue weighted by atomic mass is 19.1. The van der Waals surface area contributed by atoms with E-state index in [0.29, 0.717) is 18.5 Å². The average Bonchev–Trinajstić information content (AvgIpc) is 2.38. The summed E-state index contributed by atoms with van der Waals surface area (Å²) in [4.78, 5) is 0. The van der Waals surface area contributed by atoms with Crippen molar-refractivity contribution in [1.29, 1.82) is 0 Å². The number of ether oxygens (including phenoxy) is 1. The van der Waals surface area contributed by atoms with Gasteiger partial charge in [0.1, 0.15) is 6.61 Å². The van der Waals surface area contributed by atoms with Crippen molar-refractivity contribution in [3.05, 3.63) is 64.7 Å². The van der Waals surface area contributed by atoms with Crippen LogP contribution in [0.4, 0.5) is 8.78 Å². The van der Waals surface area contributed by atoms with Gasteiger partial charge in [-0.3, -0.25) is 0 Å². The van der Waals surface area contributed by atoms with E-state index in [9.17, 15) is 8.78 Å². The zero-order valence-electron chi connectivity index (χ0n) is 11.3. The third-order valence-corrected chi connectivity index (χ3v) is 2.96. The lowest BCUT2D eigenvalue weighted by molar-refractivity contribution is 0.273. The smallest absolute Gasteiger partial charge is 0.191 e. The Morgan fingerprint density at radius 3 is 2.35 bits per heavy atom. The van der Waals surface area contributed by atoms with E-state index in [4.69, 9.17) is 10.5 Å². The standard InChI is InChI=1S/C16H17F2NO/c1-11-3-2-4-13(7-11)10-20-16-14(17)8-12(5-6-19)9-15(16)18/h2-4,7-9H,5-6,10,19H2,1H3. The van der Waals surface area contributed by atoms with Gasteiger partial charge in [-0.2, -0.15) is 0 Å². The average molecular weight is 277 g/mol. The molecule has 0 aromatic heterocycles. The number of rotatable bonds is 5. The summed E-state index contributed by atoms with van der Waals surface area (Å²) < 4.78 is 32.9. The molecule has 2 N–H and O–H groups in total. The second-order valence-corrected chi connectivity index (χ2v) is 4.70. The molecule has 4 heteroatoms. The van der Waals surface area contributed by atoms with Crippen molar-refractivity contribution in [3.63, 3.8) is 0 Å². The number of halogens is 2. The molecule has 106 valence electrons. The van der Waals surface area contributed by atoms with Crippen LogP contribution in [0.15, 0.2) is 36.4 Å². The van der Waals surface area contributed by atoms with Crippen LogP contribution in [0.25, 0.3) is 0 Å². The van der Waals surface area contributed by atoms with Crippen LogP contribution >= 0.6 is 0 Å². The summed E-state index contributed by atoms with van der Waals surface area (Å²) in [5.74, 6) is -1.73. The maximum absolute atomic E-state index is 13.8. The van der Waals surface area contributed by atoms with Crippen molar-refractivity contribution in [3.8, 4) is 5.75 Å². The summed E-state index contributed by atoms with van der Waals surface area (Å²) in [6, 6.07) is 10.1. The molecule has 0 saturated carbocycles. The van der Waals surface area contributed by atoms with Crippen molar-refractivity contribution in [2.24, 2.45) is 5.73 Å². The summed E-state index contributed by atoms with van der Waals surface area (Å²) in [6.07, 6.45) is 0.437. The monoisotopic (exact) mass is 277 g/mol. The van der Waals surface area contributed by atoms with Gasteiger partial charge in [-0.1, -0.05) is 29.8 Å². The van der Waals surface area contributed by atoms with Crippen LogP contribution in [-0.4, -0.2) is 6.54 Å². The fourth-order valence-electron chi connectivity index (χ4n) is 2.02. The lowest BCUT2D eigenvalue weighted by Gasteiger charge is -2.10. The van der Waals surface area contributed by atoms with Crippen LogP contribution in [0.1, 0.15) is 16.7 Å². The summed E-state index contributed by atoms with van der Waals surface area (Å²) in [5, 5.41) is 0. The Bertz CT molecular complexity index is 576. The van der Waals surface area contributed by atoms with Gasteiger partial charge in [0.05, 0.1) is 0 Å². The zero-order chi connectivity index (χ0) is 14.5. The molecular weight excluding hydrogens is 260 g/mol. The van der Waals surface area contributed by atoms with Gasteiger partial charge in [0, 0.05) is 0 Å². The number of hydrogen-bond acceptors (Lipinski definition) is 2. The quantitative estimate of drug-likeness (QED) is 0.909. The van der Waals surface area contributed by atoms with Crippen LogP contribution in [-0.2, 0) is 13.0 Å². The highest BCUT2D eigenvalue weighted by Crippen LogP contribution is 2.24. The van der Waals surface area contributed by atoms with Gasteiger partial charge in [-0.05, 0) is 43.1 Å². The van der Waals surface area contributed by atoms with Gasteiger partial charge < -0.3 is 10.5 Å². The minimum atomic E-state index is -0.693. The molecule has 0 unspecified atom stereocenters. The predicted octanol–water partition coefficient (Wildman–Crippen LogP) is 3.35. The van der Waals surface area contributed by atoms with Crippen molar-refractivity contribution in [2.45, 2.75) is 20.0 Å². The van der Waals surface area contributed by atoms with Crippen LogP contribution in [0.5, 0.6) is 5.75 Å². The number of aryl methyl sites for hydroxylation is 1. The maximum Gasteiger partial charge on any atom is 0.191 e. The third kappa shape index (κ3) is 3.54. The SMILES string of the molecule is Cc1cccc(COc2c(F)cc(CCN)cc2F)c1. The van der Waals surface area contributed by atoms with Gasteiger partial charge in [0.15, 0.2) is 17.4 Å². The minimum Gasteiger partial charge on any atom is -0.483 e. The summed E-state index contributed by atoms with van der Waals surface area (Å²) in [5.41, 5.74) is 7.85. The largest absolute Gasteiger partial charge is 0.483 e. The fourth-order valence-corrected chi connectivity index (χ4v) is 2.02. The molecule has 0 atom stereocenters. The molecule has 2 aromatic rings. The van der Waals surface area contributed by atoms with E-state index in [1.54, 1.807) is 0 Å². The first-order valence-electron chi connectivity index (χ1n) is 6.46. The Morgan fingerprint density at radius 2 is 1.75 bits per heavy atom. The molecule has 0 amide bonds. The summed E-state index contributed by atoms with van der Waals surface area (Å²) in [6.45, 7) is 2.43. The molecule has 0 spiro atoms. The molecule has 0 heterocycles. The van der Waals surface area contributed by atoms with E-state index in [-0.39, 0.29) is 12.4 Å². The molecule has 0 saturated heterocycles. The Labute approximate surface area is 117 Å².